The maximum absolute atomic E-state index is 12.8. The zero-order valence-electron chi connectivity index (χ0n) is 9.96. The van der Waals surface area contributed by atoms with Crippen LogP contribution in [0.3, 0.4) is 0 Å². The van der Waals surface area contributed by atoms with Gasteiger partial charge in [-0.25, -0.2) is 4.39 Å². The second kappa shape index (κ2) is 4.52. The van der Waals surface area contributed by atoms with Gasteiger partial charge < -0.3 is 5.32 Å². The lowest BCUT2D eigenvalue weighted by atomic mass is 9.99. The molecule has 3 heteroatoms. The lowest BCUT2D eigenvalue weighted by molar-refractivity contribution is 0.0827. The van der Waals surface area contributed by atoms with Crippen molar-refractivity contribution in [3.05, 3.63) is 35.6 Å². The third-order valence-corrected chi connectivity index (χ3v) is 3.26. The number of hydrogen-bond donors (Lipinski definition) is 1. The van der Waals surface area contributed by atoms with E-state index in [1.54, 1.807) is 0 Å². The Bertz CT molecular complexity index is 345. The molecule has 0 aliphatic carbocycles. The Balaban J connectivity index is 2.05. The van der Waals surface area contributed by atoms with Crippen molar-refractivity contribution in [3.8, 4) is 0 Å². The maximum atomic E-state index is 12.8. The van der Waals surface area contributed by atoms with Crippen LogP contribution in [-0.4, -0.2) is 30.1 Å². The van der Waals surface area contributed by atoms with Crippen molar-refractivity contribution < 1.29 is 4.39 Å². The Morgan fingerprint density at radius 3 is 2.62 bits per heavy atom. The van der Waals surface area contributed by atoms with Crippen molar-refractivity contribution in [2.24, 2.45) is 0 Å². The summed E-state index contributed by atoms with van der Waals surface area (Å²) in [6, 6.07) is 6.80. The predicted octanol–water partition coefficient (Wildman–Crippen LogP) is 2.01. The van der Waals surface area contributed by atoms with Crippen LogP contribution < -0.4 is 5.32 Å². The van der Waals surface area contributed by atoms with Crippen molar-refractivity contribution >= 4 is 0 Å². The summed E-state index contributed by atoms with van der Waals surface area (Å²) < 4.78 is 12.8. The fraction of sp³-hybridized carbons (Fsp3) is 0.538. The molecule has 0 saturated carbocycles. The molecule has 88 valence electrons. The number of nitrogens with zero attached hydrogens (tertiary/aromatic N) is 1. The van der Waals surface area contributed by atoms with Crippen LogP contribution in [-0.2, 0) is 6.54 Å². The monoisotopic (exact) mass is 222 g/mol. The molecule has 0 amide bonds. The van der Waals surface area contributed by atoms with Crippen molar-refractivity contribution in [1.82, 2.24) is 10.2 Å². The third-order valence-electron chi connectivity index (χ3n) is 3.26. The highest BCUT2D eigenvalue weighted by Crippen LogP contribution is 2.19. The van der Waals surface area contributed by atoms with E-state index in [1.807, 2.05) is 12.1 Å². The molecular formula is C13H19FN2. The van der Waals surface area contributed by atoms with Gasteiger partial charge in [0.1, 0.15) is 5.82 Å². The molecule has 1 aromatic carbocycles. The van der Waals surface area contributed by atoms with Crippen molar-refractivity contribution in [2.75, 3.05) is 19.6 Å². The highest BCUT2D eigenvalue weighted by Gasteiger charge is 2.29. The molecule has 1 heterocycles. The zero-order valence-corrected chi connectivity index (χ0v) is 9.96. The quantitative estimate of drug-likeness (QED) is 0.823. The fourth-order valence-electron chi connectivity index (χ4n) is 2.13. The highest BCUT2D eigenvalue weighted by molar-refractivity contribution is 5.16. The van der Waals surface area contributed by atoms with E-state index in [0.29, 0.717) is 0 Å². The normalized spacial score (nSPS) is 20.9. The summed E-state index contributed by atoms with van der Waals surface area (Å²) in [5.41, 5.74) is 1.35. The molecule has 1 aromatic rings. The van der Waals surface area contributed by atoms with E-state index in [2.05, 4.69) is 24.1 Å². The van der Waals surface area contributed by atoms with Crippen LogP contribution >= 0.6 is 0 Å². The summed E-state index contributed by atoms with van der Waals surface area (Å²) in [6.45, 7) is 8.46. The number of hydrogen-bond acceptors (Lipinski definition) is 2. The van der Waals surface area contributed by atoms with Crippen molar-refractivity contribution in [3.63, 3.8) is 0 Å². The fourth-order valence-corrected chi connectivity index (χ4v) is 2.13. The van der Waals surface area contributed by atoms with Gasteiger partial charge in [0.25, 0.3) is 0 Å². The van der Waals surface area contributed by atoms with E-state index in [1.165, 1.54) is 17.7 Å². The summed E-state index contributed by atoms with van der Waals surface area (Å²) in [6.07, 6.45) is 0. The Morgan fingerprint density at radius 1 is 1.31 bits per heavy atom. The van der Waals surface area contributed by atoms with Gasteiger partial charge in [0.05, 0.1) is 0 Å². The van der Waals surface area contributed by atoms with Crippen molar-refractivity contribution in [2.45, 2.75) is 25.9 Å². The number of piperazine rings is 1. The maximum Gasteiger partial charge on any atom is 0.123 e. The minimum Gasteiger partial charge on any atom is -0.314 e. The van der Waals surface area contributed by atoms with E-state index in [4.69, 9.17) is 0 Å². The van der Waals surface area contributed by atoms with Gasteiger partial charge in [-0.3, -0.25) is 4.90 Å². The molecule has 2 nitrogen and oxygen atoms in total. The summed E-state index contributed by atoms with van der Waals surface area (Å²) in [5.74, 6) is -0.164. The standard InChI is InChI=1S/C13H19FN2/c1-13(2)10-15-7-8-16(13)9-11-3-5-12(14)6-4-11/h3-6,15H,7-10H2,1-2H3. The SMILES string of the molecule is CC1(C)CNCCN1Cc1ccc(F)cc1. The molecule has 0 spiro atoms. The van der Waals surface area contributed by atoms with Crippen LogP contribution in [0.4, 0.5) is 4.39 Å². The number of rotatable bonds is 2. The molecule has 16 heavy (non-hydrogen) atoms. The number of nitrogens with one attached hydrogen (secondary N) is 1. The van der Waals surface area contributed by atoms with Gasteiger partial charge in [0.15, 0.2) is 0 Å². The molecule has 0 radical (unpaired) electrons. The summed E-state index contributed by atoms with van der Waals surface area (Å²) in [5, 5.41) is 3.40. The second-order valence-corrected chi connectivity index (χ2v) is 5.04. The smallest absolute Gasteiger partial charge is 0.123 e. The van der Waals surface area contributed by atoms with E-state index in [9.17, 15) is 4.39 Å². The van der Waals surface area contributed by atoms with E-state index < -0.39 is 0 Å². The highest BCUT2D eigenvalue weighted by atomic mass is 19.1. The minimum absolute atomic E-state index is 0.164. The van der Waals surface area contributed by atoms with E-state index in [0.717, 1.165) is 26.2 Å². The van der Waals surface area contributed by atoms with Crippen LogP contribution in [0.25, 0.3) is 0 Å². The summed E-state index contributed by atoms with van der Waals surface area (Å²) in [4.78, 5) is 2.44. The topological polar surface area (TPSA) is 15.3 Å². The largest absolute Gasteiger partial charge is 0.314 e. The van der Waals surface area contributed by atoms with Crippen LogP contribution in [0, 0.1) is 5.82 Å². The first-order chi connectivity index (χ1) is 7.58. The Hall–Kier alpha value is -0.930. The van der Waals surface area contributed by atoms with Gasteiger partial charge in [0, 0.05) is 31.7 Å². The number of halogens is 1. The summed E-state index contributed by atoms with van der Waals surface area (Å²) in [7, 11) is 0. The first-order valence-electron chi connectivity index (χ1n) is 5.78. The molecule has 1 aliphatic heterocycles. The Kier molecular flexibility index (Phi) is 3.26. The van der Waals surface area contributed by atoms with Gasteiger partial charge in [0.2, 0.25) is 0 Å². The van der Waals surface area contributed by atoms with Crippen LogP contribution in [0.2, 0.25) is 0 Å². The van der Waals surface area contributed by atoms with Crippen LogP contribution in [0.15, 0.2) is 24.3 Å². The molecule has 1 fully saturated rings. The minimum atomic E-state index is -0.164. The lowest BCUT2D eigenvalue weighted by Gasteiger charge is -2.42. The van der Waals surface area contributed by atoms with E-state index >= 15 is 0 Å². The van der Waals surface area contributed by atoms with Gasteiger partial charge >= 0.3 is 0 Å². The molecular weight excluding hydrogens is 203 g/mol. The van der Waals surface area contributed by atoms with E-state index in [-0.39, 0.29) is 11.4 Å². The van der Waals surface area contributed by atoms with Crippen molar-refractivity contribution in [1.29, 1.82) is 0 Å². The average Bonchev–Trinajstić information content (AvgIpc) is 2.24. The summed E-state index contributed by atoms with van der Waals surface area (Å²) >= 11 is 0. The molecule has 0 atom stereocenters. The van der Waals surface area contributed by atoms with Gasteiger partial charge in [-0.2, -0.15) is 0 Å². The first kappa shape index (κ1) is 11.6. The Morgan fingerprint density at radius 2 is 2.00 bits per heavy atom. The molecule has 0 aromatic heterocycles. The Labute approximate surface area is 96.5 Å². The molecule has 1 N–H and O–H groups in total. The lowest BCUT2D eigenvalue weighted by Crippen LogP contribution is -2.57. The predicted molar refractivity (Wildman–Crippen MR) is 63.8 cm³/mol. The van der Waals surface area contributed by atoms with Crippen LogP contribution in [0.1, 0.15) is 19.4 Å². The number of benzene rings is 1. The molecule has 1 saturated heterocycles. The molecule has 1 aliphatic rings. The first-order valence-corrected chi connectivity index (χ1v) is 5.78. The van der Waals surface area contributed by atoms with Gasteiger partial charge in [-0.1, -0.05) is 12.1 Å². The molecule has 0 unspecified atom stereocenters. The third kappa shape index (κ3) is 2.60. The average molecular weight is 222 g/mol. The van der Waals surface area contributed by atoms with Gasteiger partial charge in [-0.05, 0) is 31.5 Å². The molecule has 0 bridgehead atoms. The zero-order chi connectivity index (χ0) is 11.6. The van der Waals surface area contributed by atoms with Gasteiger partial charge in [-0.15, -0.1) is 0 Å². The second-order valence-electron chi connectivity index (χ2n) is 5.04. The molecule has 2 rings (SSSR count). The van der Waals surface area contributed by atoms with Crippen LogP contribution in [0.5, 0.6) is 0 Å².